The van der Waals surface area contributed by atoms with Gasteiger partial charge in [0.1, 0.15) is 17.2 Å². The highest BCUT2D eigenvalue weighted by Gasteiger charge is 2.37. The molecule has 4 nitrogen and oxygen atoms in total. The number of nitrogens with zero attached hydrogens (tertiary/aromatic N) is 3. The van der Waals surface area contributed by atoms with Crippen LogP contribution in [-0.4, -0.2) is 19.9 Å². The zero-order valence-electron chi connectivity index (χ0n) is 13.8. The van der Waals surface area contributed by atoms with Crippen molar-refractivity contribution in [2.45, 2.75) is 25.7 Å². The van der Waals surface area contributed by atoms with E-state index in [-0.39, 0.29) is 34.8 Å². The summed E-state index contributed by atoms with van der Waals surface area (Å²) in [5, 5.41) is 0. The number of fused-ring (bicyclic) bond motifs is 1. The molecule has 2 aromatic heterocycles. The van der Waals surface area contributed by atoms with Gasteiger partial charge in [-0.25, -0.2) is 15.0 Å². The Kier molecular flexibility index (Phi) is 4.44. The standard InChI is InChI=1S/C17H12F6N4/c1-3-4-9-7-10(16(18,19)20)5-6-11(9)14-26-12-13(17(21,22)23)24-8(2)25-15(12)27-14/h3,5-7H,1,4H2,2H3,(H,24,25,26,27). The van der Waals surface area contributed by atoms with Gasteiger partial charge in [-0.05, 0) is 31.0 Å². The summed E-state index contributed by atoms with van der Waals surface area (Å²) in [5.74, 6) is -0.146. The van der Waals surface area contributed by atoms with Gasteiger partial charge in [-0.1, -0.05) is 12.1 Å². The number of aryl methyl sites for hydroxylation is 1. The zero-order chi connectivity index (χ0) is 20.0. The summed E-state index contributed by atoms with van der Waals surface area (Å²) in [6.07, 6.45) is -7.81. The molecule has 0 saturated carbocycles. The summed E-state index contributed by atoms with van der Waals surface area (Å²) in [6.45, 7) is 4.80. The van der Waals surface area contributed by atoms with Crippen molar-refractivity contribution in [1.82, 2.24) is 19.9 Å². The van der Waals surface area contributed by atoms with Gasteiger partial charge in [0, 0.05) is 5.56 Å². The van der Waals surface area contributed by atoms with Gasteiger partial charge in [-0.3, -0.25) is 0 Å². The molecule has 0 aliphatic rings. The third-order valence-corrected chi connectivity index (χ3v) is 3.78. The van der Waals surface area contributed by atoms with E-state index in [1.807, 2.05) is 0 Å². The summed E-state index contributed by atoms with van der Waals surface area (Å²) in [4.78, 5) is 13.8. The summed E-state index contributed by atoms with van der Waals surface area (Å²) in [5.41, 5.74) is -2.24. The summed E-state index contributed by atoms with van der Waals surface area (Å²) >= 11 is 0. The average Bonchev–Trinajstić information content (AvgIpc) is 2.95. The molecule has 0 bridgehead atoms. The van der Waals surface area contributed by atoms with Crippen LogP contribution in [0.15, 0.2) is 30.9 Å². The van der Waals surface area contributed by atoms with Crippen LogP contribution < -0.4 is 0 Å². The number of nitrogens with one attached hydrogen (secondary N) is 1. The number of aromatic amines is 1. The van der Waals surface area contributed by atoms with Crippen LogP contribution in [0.4, 0.5) is 26.3 Å². The fourth-order valence-corrected chi connectivity index (χ4v) is 2.66. The van der Waals surface area contributed by atoms with Gasteiger partial charge >= 0.3 is 12.4 Å². The van der Waals surface area contributed by atoms with Crippen molar-refractivity contribution in [3.63, 3.8) is 0 Å². The molecule has 0 spiro atoms. The number of H-pyrrole nitrogens is 1. The van der Waals surface area contributed by atoms with Gasteiger partial charge in [0.2, 0.25) is 0 Å². The lowest BCUT2D eigenvalue weighted by Gasteiger charge is -2.11. The minimum atomic E-state index is -4.74. The van der Waals surface area contributed by atoms with E-state index < -0.39 is 29.1 Å². The molecule has 3 aromatic rings. The van der Waals surface area contributed by atoms with E-state index in [2.05, 4.69) is 26.5 Å². The minimum absolute atomic E-state index is 0.0269. The molecule has 0 aliphatic carbocycles. The normalized spacial score (nSPS) is 12.6. The van der Waals surface area contributed by atoms with E-state index in [4.69, 9.17) is 0 Å². The van der Waals surface area contributed by atoms with Crippen LogP contribution in [0.25, 0.3) is 22.6 Å². The Morgan fingerprint density at radius 1 is 1.04 bits per heavy atom. The van der Waals surface area contributed by atoms with Crippen LogP contribution in [0, 0.1) is 6.92 Å². The van der Waals surface area contributed by atoms with Gasteiger partial charge in [0.25, 0.3) is 0 Å². The zero-order valence-corrected chi connectivity index (χ0v) is 13.8. The first kappa shape index (κ1) is 18.9. The van der Waals surface area contributed by atoms with Crippen molar-refractivity contribution in [1.29, 1.82) is 0 Å². The predicted molar refractivity (Wildman–Crippen MR) is 85.8 cm³/mol. The first-order valence-electron chi connectivity index (χ1n) is 7.63. The van der Waals surface area contributed by atoms with Crippen molar-refractivity contribution in [3.05, 3.63) is 53.5 Å². The van der Waals surface area contributed by atoms with Gasteiger partial charge in [-0.15, -0.1) is 6.58 Å². The van der Waals surface area contributed by atoms with E-state index in [0.29, 0.717) is 0 Å². The van der Waals surface area contributed by atoms with Crippen LogP contribution in [0.1, 0.15) is 22.6 Å². The molecule has 142 valence electrons. The van der Waals surface area contributed by atoms with Gasteiger partial charge < -0.3 is 4.98 Å². The molecule has 0 unspecified atom stereocenters. The highest BCUT2D eigenvalue weighted by molar-refractivity contribution is 5.79. The molecule has 0 atom stereocenters. The number of imidazole rings is 1. The third-order valence-electron chi connectivity index (χ3n) is 3.78. The Morgan fingerprint density at radius 2 is 1.74 bits per heavy atom. The second-order valence-corrected chi connectivity index (χ2v) is 5.76. The molecule has 1 N–H and O–H groups in total. The lowest BCUT2D eigenvalue weighted by atomic mass is 10.0. The largest absolute Gasteiger partial charge is 0.435 e. The van der Waals surface area contributed by atoms with Crippen LogP contribution in [0.5, 0.6) is 0 Å². The molecule has 0 amide bonds. The molecular weight excluding hydrogens is 374 g/mol. The molecule has 0 saturated heterocycles. The van der Waals surface area contributed by atoms with E-state index in [9.17, 15) is 26.3 Å². The molecule has 0 fully saturated rings. The fraction of sp³-hybridized carbons (Fsp3) is 0.235. The maximum absolute atomic E-state index is 13.2. The van der Waals surface area contributed by atoms with Crippen molar-refractivity contribution in [2.75, 3.05) is 0 Å². The summed E-state index contributed by atoms with van der Waals surface area (Å²) < 4.78 is 78.5. The third kappa shape index (κ3) is 3.64. The van der Waals surface area contributed by atoms with E-state index in [1.54, 1.807) is 0 Å². The molecule has 27 heavy (non-hydrogen) atoms. The van der Waals surface area contributed by atoms with Crippen molar-refractivity contribution in [3.8, 4) is 11.4 Å². The first-order valence-corrected chi connectivity index (χ1v) is 7.63. The van der Waals surface area contributed by atoms with E-state index >= 15 is 0 Å². The van der Waals surface area contributed by atoms with Crippen molar-refractivity contribution < 1.29 is 26.3 Å². The van der Waals surface area contributed by atoms with Crippen molar-refractivity contribution in [2.24, 2.45) is 0 Å². The molecule has 2 heterocycles. The molecular formula is C17H12F6N4. The Hall–Kier alpha value is -2.91. The topological polar surface area (TPSA) is 54.5 Å². The summed E-state index contributed by atoms with van der Waals surface area (Å²) in [6, 6.07) is 2.93. The monoisotopic (exact) mass is 386 g/mol. The number of allylic oxidation sites excluding steroid dienone is 1. The molecule has 1 aromatic carbocycles. The number of rotatable bonds is 3. The van der Waals surface area contributed by atoms with Gasteiger partial charge in [0.05, 0.1) is 5.56 Å². The second kappa shape index (κ2) is 6.36. The molecule has 10 heteroatoms. The van der Waals surface area contributed by atoms with Crippen LogP contribution in [0.3, 0.4) is 0 Å². The van der Waals surface area contributed by atoms with Gasteiger partial charge in [0.15, 0.2) is 11.3 Å². The number of alkyl halides is 6. The van der Waals surface area contributed by atoms with Gasteiger partial charge in [-0.2, -0.15) is 26.3 Å². The maximum Gasteiger partial charge on any atom is 0.435 e. The number of benzene rings is 1. The lowest BCUT2D eigenvalue weighted by Crippen LogP contribution is -2.10. The fourth-order valence-electron chi connectivity index (χ4n) is 2.66. The number of hydrogen-bond donors (Lipinski definition) is 1. The highest BCUT2D eigenvalue weighted by atomic mass is 19.4. The Bertz CT molecular complexity index is 1020. The highest BCUT2D eigenvalue weighted by Crippen LogP contribution is 2.36. The number of aromatic nitrogens is 4. The van der Waals surface area contributed by atoms with E-state index in [0.717, 1.165) is 18.2 Å². The van der Waals surface area contributed by atoms with E-state index in [1.165, 1.54) is 13.0 Å². The SMILES string of the molecule is C=CCc1cc(C(F)(F)F)ccc1-c1nc2nc(C)nc(C(F)(F)F)c2[nH]1. The maximum atomic E-state index is 13.2. The molecule has 0 aliphatic heterocycles. The predicted octanol–water partition coefficient (Wildman–Crippen LogP) is 5.09. The van der Waals surface area contributed by atoms with Crippen molar-refractivity contribution >= 4 is 11.2 Å². The minimum Gasteiger partial charge on any atom is -0.335 e. The lowest BCUT2D eigenvalue weighted by molar-refractivity contribution is -0.140. The molecule has 3 rings (SSSR count). The Labute approximate surface area is 149 Å². The Balaban J connectivity index is 2.22. The summed E-state index contributed by atoms with van der Waals surface area (Å²) in [7, 11) is 0. The number of hydrogen-bond acceptors (Lipinski definition) is 3. The quantitative estimate of drug-likeness (QED) is 0.504. The average molecular weight is 386 g/mol. The number of halogens is 6. The van der Waals surface area contributed by atoms with Crippen LogP contribution in [0.2, 0.25) is 0 Å². The second-order valence-electron chi connectivity index (χ2n) is 5.76. The van der Waals surface area contributed by atoms with Crippen LogP contribution >= 0.6 is 0 Å². The first-order chi connectivity index (χ1) is 12.5. The Morgan fingerprint density at radius 3 is 2.33 bits per heavy atom. The smallest absolute Gasteiger partial charge is 0.335 e. The molecule has 0 radical (unpaired) electrons. The van der Waals surface area contributed by atoms with Crippen LogP contribution in [-0.2, 0) is 18.8 Å².